The van der Waals surface area contributed by atoms with Crippen LogP contribution in [0, 0.1) is 5.92 Å². The molecule has 1 N–H and O–H groups in total. The van der Waals surface area contributed by atoms with E-state index in [0.29, 0.717) is 18.9 Å². The smallest absolute Gasteiger partial charge is 0.305 e. The molecule has 1 aliphatic carbocycles. The van der Waals surface area contributed by atoms with Crippen molar-refractivity contribution in [3.8, 4) is 0 Å². The van der Waals surface area contributed by atoms with Gasteiger partial charge in [-0.05, 0) is 18.8 Å². The van der Waals surface area contributed by atoms with E-state index in [1.165, 1.54) is 18.7 Å². The van der Waals surface area contributed by atoms with Crippen molar-refractivity contribution >= 4 is 28.8 Å². The number of hydrogen-bond acceptors (Lipinski definition) is 4. The lowest BCUT2D eigenvalue weighted by atomic mass is 10.1. The third kappa shape index (κ3) is 3.25. The van der Waals surface area contributed by atoms with Crippen molar-refractivity contribution in [1.82, 2.24) is 4.90 Å². The zero-order chi connectivity index (χ0) is 13.3. The minimum Gasteiger partial charge on any atom is -0.481 e. The van der Waals surface area contributed by atoms with Crippen LogP contribution in [0.5, 0.6) is 0 Å². The SMILES string of the molecule is CC(=O)SC1CC(=O)N(C(CC(=O)O)C2CC2)C1. The number of carbonyl (C=O) groups is 3. The summed E-state index contributed by atoms with van der Waals surface area (Å²) in [5, 5.41) is 8.92. The van der Waals surface area contributed by atoms with Crippen LogP contribution in [-0.4, -0.2) is 44.8 Å². The molecule has 1 saturated carbocycles. The Morgan fingerprint density at radius 3 is 2.67 bits per heavy atom. The molecule has 0 bridgehead atoms. The molecule has 5 nitrogen and oxygen atoms in total. The van der Waals surface area contributed by atoms with Gasteiger partial charge in [-0.3, -0.25) is 14.4 Å². The topological polar surface area (TPSA) is 74.7 Å². The summed E-state index contributed by atoms with van der Waals surface area (Å²) in [5.41, 5.74) is 0. The first kappa shape index (κ1) is 13.4. The van der Waals surface area contributed by atoms with E-state index in [-0.39, 0.29) is 28.7 Å². The van der Waals surface area contributed by atoms with E-state index >= 15 is 0 Å². The normalized spacial score (nSPS) is 25.3. The lowest BCUT2D eigenvalue weighted by Crippen LogP contribution is -2.39. The van der Waals surface area contributed by atoms with Crippen LogP contribution in [0.2, 0.25) is 0 Å². The molecule has 2 fully saturated rings. The Morgan fingerprint density at radius 2 is 2.17 bits per heavy atom. The van der Waals surface area contributed by atoms with Crippen LogP contribution < -0.4 is 0 Å². The minimum absolute atomic E-state index is 0.00750. The van der Waals surface area contributed by atoms with Crippen LogP contribution in [0.4, 0.5) is 0 Å². The number of hydrogen-bond donors (Lipinski definition) is 1. The fraction of sp³-hybridized carbons (Fsp3) is 0.750. The Hall–Kier alpha value is -1.04. The maximum Gasteiger partial charge on any atom is 0.305 e. The number of carboxylic acid groups (broad SMARTS) is 1. The average Bonchev–Trinajstić information content (AvgIpc) is 3.00. The molecule has 0 radical (unpaired) electrons. The summed E-state index contributed by atoms with van der Waals surface area (Å²) >= 11 is 1.19. The van der Waals surface area contributed by atoms with Gasteiger partial charge in [-0.1, -0.05) is 11.8 Å². The third-order valence-corrected chi connectivity index (χ3v) is 4.39. The third-order valence-electron chi connectivity index (χ3n) is 3.41. The van der Waals surface area contributed by atoms with Gasteiger partial charge >= 0.3 is 5.97 Å². The number of rotatable bonds is 5. The first-order chi connectivity index (χ1) is 8.47. The summed E-state index contributed by atoms with van der Waals surface area (Å²) in [4.78, 5) is 35.5. The first-order valence-electron chi connectivity index (χ1n) is 6.16. The maximum atomic E-state index is 11.9. The summed E-state index contributed by atoms with van der Waals surface area (Å²) in [6.07, 6.45) is 2.39. The number of carbonyl (C=O) groups excluding carboxylic acids is 2. The lowest BCUT2D eigenvalue weighted by molar-refractivity contribution is -0.140. The predicted octanol–water partition coefficient (Wildman–Crippen LogP) is 1.12. The fourth-order valence-electron chi connectivity index (χ4n) is 2.52. The molecule has 100 valence electrons. The largest absolute Gasteiger partial charge is 0.481 e. The molecule has 1 amide bonds. The summed E-state index contributed by atoms with van der Waals surface area (Å²) < 4.78 is 0. The number of carboxylic acids is 1. The van der Waals surface area contributed by atoms with E-state index in [9.17, 15) is 14.4 Å². The Balaban J connectivity index is 1.99. The Bertz CT molecular complexity index is 380. The van der Waals surface area contributed by atoms with Crippen molar-refractivity contribution in [3.05, 3.63) is 0 Å². The Labute approximate surface area is 110 Å². The van der Waals surface area contributed by atoms with E-state index in [2.05, 4.69) is 0 Å². The number of aliphatic carboxylic acids is 1. The van der Waals surface area contributed by atoms with Crippen LogP contribution in [0.3, 0.4) is 0 Å². The van der Waals surface area contributed by atoms with Gasteiger partial charge in [-0.25, -0.2) is 0 Å². The predicted molar refractivity (Wildman–Crippen MR) is 67.2 cm³/mol. The Morgan fingerprint density at radius 1 is 1.50 bits per heavy atom. The van der Waals surface area contributed by atoms with Gasteiger partial charge in [0.1, 0.15) is 0 Å². The van der Waals surface area contributed by atoms with E-state index in [1.54, 1.807) is 4.90 Å². The Kier molecular flexibility index (Phi) is 3.94. The second-order valence-corrected chi connectivity index (χ2v) is 6.46. The van der Waals surface area contributed by atoms with E-state index in [1.807, 2.05) is 0 Å². The molecule has 1 heterocycles. The number of amides is 1. The zero-order valence-electron chi connectivity index (χ0n) is 10.3. The van der Waals surface area contributed by atoms with Gasteiger partial charge < -0.3 is 10.0 Å². The van der Waals surface area contributed by atoms with Gasteiger partial charge in [0, 0.05) is 31.2 Å². The van der Waals surface area contributed by atoms with E-state index in [0.717, 1.165) is 12.8 Å². The summed E-state index contributed by atoms with van der Waals surface area (Å²) in [5.74, 6) is -0.527. The summed E-state index contributed by atoms with van der Waals surface area (Å²) in [6, 6.07) is -0.174. The zero-order valence-corrected chi connectivity index (χ0v) is 11.1. The van der Waals surface area contributed by atoms with Gasteiger partial charge in [0.15, 0.2) is 5.12 Å². The highest BCUT2D eigenvalue weighted by Crippen LogP contribution is 2.39. The fourth-order valence-corrected chi connectivity index (χ4v) is 3.45. The van der Waals surface area contributed by atoms with E-state index < -0.39 is 5.97 Å². The molecule has 0 aromatic heterocycles. The first-order valence-corrected chi connectivity index (χ1v) is 7.04. The molecule has 2 unspecified atom stereocenters. The molecule has 18 heavy (non-hydrogen) atoms. The summed E-state index contributed by atoms with van der Waals surface area (Å²) in [6.45, 7) is 2.00. The highest BCUT2D eigenvalue weighted by molar-refractivity contribution is 8.14. The maximum absolute atomic E-state index is 11.9. The molecule has 2 aliphatic rings. The highest BCUT2D eigenvalue weighted by Gasteiger charge is 2.42. The number of nitrogens with zero attached hydrogens (tertiary/aromatic N) is 1. The van der Waals surface area contributed by atoms with Crippen molar-refractivity contribution in [3.63, 3.8) is 0 Å². The molecule has 2 atom stereocenters. The van der Waals surface area contributed by atoms with Gasteiger partial charge in [-0.2, -0.15) is 0 Å². The van der Waals surface area contributed by atoms with Crippen LogP contribution in [0.15, 0.2) is 0 Å². The molecular formula is C12H17NO4S. The van der Waals surface area contributed by atoms with Crippen molar-refractivity contribution in [2.24, 2.45) is 5.92 Å². The van der Waals surface area contributed by atoms with Crippen molar-refractivity contribution in [2.45, 2.75) is 43.9 Å². The van der Waals surface area contributed by atoms with Gasteiger partial charge in [0.05, 0.1) is 6.42 Å². The van der Waals surface area contributed by atoms with E-state index in [4.69, 9.17) is 5.11 Å². The van der Waals surface area contributed by atoms with Crippen LogP contribution in [0.25, 0.3) is 0 Å². The molecule has 1 aliphatic heterocycles. The molecule has 2 rings (SSSR count). The molecule has 0 spiro atoms. The minimum atomic E-state index is -0.859. The van der Waals surface area contributed by atoms with Gasteiger partial charge in [-0.15, -0.1) is 0 Å². The quantitative estimate of drug-likeness (QED) is 0.811. The standard InChI is InChI=1S/C12H17NO4S/c1-7(14)18-9-4-11(15)13(6-9)10(5-12(16)17)8-2-3-8/h8-10H,2-6H2,1H3,(H,16,17). The van der Waals surface area contributed by atoms with Gasteiger partial charge in [0.2, 0.25) is 5.91 Å². The molecule has 6 heteroatoms. The number of likely N-dealkylation sites (tertiary alicyclic amines) is 1. The molecule has 0 aromatic rings. The van der Waals surface area contributed by atoms with Crippen LogP contribution in [0.1, 0.15) is 32.6 Å². The monoisotopic (exact) mass is 271 g/mol. The van der Waals surface area contributed by atoms with Crippen molar-refractivity contribution in [2.75, 3.05) is 6.54 Å². The lowest BCUT2D eigenvalue weighted by Gasteiger charge is -2.26. The summed E-state index contributed by atoms with van der Waals surface area (Å²) in [7, 11) is 0. The van der Waals surface area contributed by atoms with Gasteiger partial charge in [0.25, 0.3) is 0 Å². The van der Waals surface area contributed by atoms with Crippen molar-refractivity contribution in [1.29, 1.82) is 0 Å². The van der Waals surface area contributed by atoms with Crippen LogP contribution in [-0.2, 0) is 14.4 Å². The number of thioether (sulfide) groups is 1. The average molecular weight is 271 g/mol. The second-order valence-electron chi connectivity index (χ2n) is 4.98. The van der Waals surface area contributed by atoms with Crippen LogP contribution >= 0.6 is 11.8 Å². The second kappa shape index (κ2) is 5.30. The highest BCUT2D eigenvalue weighted by atomic mass is 32.2. The molecule has 1 saturated heterocycles. The molecule has 0 aromatic carbocycles. The molecular weight excluding hydrogens is 254 g/mol. The van der Waals surface area contributed by atoms with Crippen molar-refractivity contribution < 1.29 is 19.5 Å².